The first-order chi connectivity index (χ1) is 10.0. The van der Waals surface area contributed by atoms with E-state index in [1.54, 1.807) is 24.3 Å². The molecule has 21 heavy (non-hydrogen) atoms. The molecule has 3 N–H and O–H groups in total. The third kappa shape index (κ3) is 4.31. The number of benzene rings is 1. The fraction of sp³-hybridized carbons (Fsp3) is 0.500. The molecule has 2 atom stereocenters. The van der Waals surface area contributed by atoms with Crippen molar-refractivity contribution in [2.75, 3.05) is 13.1 Å². The first kappa shape index (κ1) is 16.0. The highest BCUT2D eigenvalue weighted by atomic mass is 32.2. The minimum Gasteiger partial charge on any atom is -0.320 e. The van der Waals surface area contributed by atoms with Crippen LogP contribution < -0.4 is 10.5 Å². The van der Waals surface area contributed by atoms with Gasteiger partial charge in [0.15, 0.2) is 0 Å². The third-order valence-electron chi connectivity index (χ3n) is 4.07. The number of nitrogens with one attached hydrogen (secondary N) is 1. The molecule has 1 aromatic carbocycles. The van der Waals surface area contributed by atoms with Gasteiger partial charge in [0.1, 0.15) is 0 Å². The number of hydrogen-bond acceptors (Lipinski definition) is 3. The Kier molecular flexibility index (Phi) is 5.40. The Labute approximate surface area is 127 Å². The summed E-state index contributed by atoms with van der Waals surface area (Å²) in [5, 5.41) is 0. The molecule has 0 saturated heterocycles. The minimum atomic E-state index is -3.43. The van der Waals surface area contributed by atoms with Gasteiger partial charge in [-0.25, -0.2) is 13.1 Å². The van der Waals surface area contributed by atoms with Gasteiger partial charge in [0.2, 0.25) is 10.0 Å². The summed E-state index contributed by atoms with van der Waals surface area (Å²) in [5.41, 5.74) is 6.07. The highest BCUT2D eigenvalue weighted by Crippen LogP contribution is 2.30. The van der Waals surface area contributed by atoms with Gasteiger partial charge in [-0.2, -0.15) is 0 Å². The highest BCUT2D eigenvalue weighted by Gasteiger charge is 2.25. The summed E-state index contributed by atoms with van der Waals surface area (Å²) < 4.78 is 27.2. The van der Waals surface area contributed by atoms with E-state index in [4.69, 9.17) is 5.73 Å². The molecule has 0 spiro atoms. The predicted molar refractivity (Wildman–Crippen MR) is 84.1 cm³/mol. The molecule has 1 fully saturated rings. The van der Waals surface area contributed by atoms with Gasteiger partial charge < -0.3 is 5.73 Å². The van der Waals surface area contributed by atoms with E-state index in [0.717, 1.165) is 12.0 Å². The molecule has 0 heterocycles. The summed E-state index contributed by atoms with van der Waals surface area (Å²) in [6.07, 6.45) is 3.50. The Morgan fingerprint density at radius 1 is 1.29 bits per heavy atom. The Balaban J connectivity index is 2.01. The molecule has 2 rings (SSSR count). The second-order valence-corrected chi connectivity index (χ2v) is 7.32. The van der Waals surface area contributed by atoms with Crippen LogP contribution in [-0.4, -0.2) is 21.5 Å². The maximum Gasteiger partial charge on any atom is 0.240 e. The van der Waals surface area contributed by atoms with Crippen LogP contribution >= 0.6 is 0 Å². The van der Waals surface area contributed by atoms with Crippen molar-refractivity contribution in [3.05, 3.63) is 29.8 Å². The molecule has 1 aliphatic rings. The van der Waals surface area contributed by atoms with Gasteiger partial charge in [-0.1, -0.05) is 31.6 Å². The van der Waals surface area contributed by atoms with Crippen LogP contribution in [0, 0.1) is 23.7 Å². The Morgan fingerprint density at radius 2 is 2.00 bits per heavy atom. The van der Waals surface area contributed by atoms with Crippen molar-refractivity contribution in [3.63, 3.8) is 0 Å². The molecule has 5 heteroatoms. The van der Waals surface area contributed by atoms with E-state index in [1.807, 2.05) is 0 Å². The van der Waals surface area contributed by atoms with Crippen LogP contribution in [0.2, 0.25) is 0 Å². The summed E-state index contributed by atoms with van der Waals surface area (Å²) >= 11 is 0. The quantitative estimate of drug-likeness (QED) is 0.832. The highest BCUT2D eigenvalue weighted by molar-refractivity contribution is 7.89. The average Bonchev–Trinajstić information content (AvgIpc) is 2.89. The van der Waals surface area contributed by atoms with Crippen LogP contribution in [-0.2, 0) is 10.0 Å². The standard InChI is InChI=1S/C16H22N2O2S/c1-13-4-2-6-15(13)12-18-21(19,20)16-9-7-14(8-10-16)5-3-11-17/h7-10,13,15,18H,2,4,6,11-12,17H2,1H3. The largest absolute Gasteiger partial charge is 0.320 e. The zero-order valence-corrected chi connectivity index (χ0v) is 13.1. The molecule has 2 unspecified atom stereocenters. The van der Waals surface area contributed by atoms with E-state index in [-0.39, 0.29) is 4.90 Å². The lowest BCUT2D eigenvalue weighted by Crippen LogP contribution is -2.30. The van der Waals surface area contributed by atoms with E-state index in [0.29, 0.717) is 24.9 Å². The fourth-order valence-electron chi connectivity index (χ4n) is 2.70. The second-order valence-electron chi connectivity index (χ2n) is 5.55. The third-order valence-corrected chi connectivity index (χ3v) is 5.51. The summed E-state index contributed by atoms with van der Waals surface area (Å²) in [6, 6.07) is 6.58. The van der Waals surface area contributed by atoms with Crippen LogP contribution in [0.5, 0.6) is 0 Å². The maximum atomic E-state index is 12.3. The van der Waals surface area contributed by atoms with E-state index in [1.165, 1.54) is 12.8 Å². The number of sulfonamides is 1. The Hall–Kier alpha value is -1.35. The molecular weight excluding hydrogens is 284 g/mol. The zero-order chi connectivity index (χ0) is 15.3. The Morgan fingerprint density at radius 3 is 2.57 bits per heavy atom. The molecule has 0 radical (unpaired) electrons. The van der Waals surface area contributed by atoms with Crippen molar-refractivity contribution < 1.29 is 8.42 Å². The van der Waals surface area contributed by atoms with Crippen LogP contribution in [0.1, 0.15) is 31.7 Å². The van der Waals surface area contributed by atoms with E-state index < -0.39 is 10.0 Å². The first-order valence-electron chi connectivity index (χ1n) is 7.31. The number of hydrogen-bond donors (Lipinski definition) is 2. The Bertz CT molecular complexity index is 626. The van der Waals surface area contributed by atoms with Gasteiger partial charge in [0.25, 0.3) is 0 Å². The van der Waals surface area contributed by atoms with Crippen molar-refractivity contribution in [3.8, 4) is 11.8 Å². The lowest BCUT2D eigenvalue weighted by atomic mass is 9.99. The van der Waals surface area contributed by atoms with E-state index in [9.17, 15) is 8.42 Å². The molecule has 4 nitrogen and oxygen atoms in total. The SMILES string of the molecule is CC1CCCC1CNS(=O)(=O)c1ccc(C#CCN)cc1. The van der Waals surface area contributed by atoms with E-state index >= 15 is 0 Å². The predicted octanol–water partition coefficient (Wildman–Crippen LogP) is 1.71. The molecule has 1 aromatic rings. The van der Waals surface area contributed by atoms with E-state index in [2.05, 4.69) is 23.5 Å². The van der Waals surface area contributed by atoms with Crippen molar-refractivity contribution in [1.29, 1.82) is 0 Å². The van der Waals surface area contributed by atoms with Crippen LogP contribution in [0.3, 0.4) is 0 Å². The summed E-state index contributed by atoms with van der Waals surface area (Å²) in [5.74, 6) is 6.67. The lowest BCUT2D eigenvalue weighted by molar-refractivity contribution is 0.414. The number of nitrogens with two attached hydrogens (primary N) is 1. The molecular formula is C16H22N2O2S. The average molecular weight is 306 g/mol. The van der Waals surface area contributed by atoms with Gasteiger partial charge in [-0.3, -0.25) is 0 Å². The smallest absolute Gasteiger partial charge is 0.240 e. The normalized spacial score (nSPS) is 21.8. The van der Waals surface area contributed by atoms with Crippen molar-refractivity contribution >= 4 is 10.0 Å². The van der Waals surface area contributed by atoms with Crippen LogP contribution in [0.25, 0.3) is 0 Å². The molecule has 114 valence electrons. The topological polar surface area (TPSA) is 72.2 Å². The molecule has 0 aromatic heterocycles. The molecule has 0 bridgehead atoms. The van der Waals surface area contributed by atoms with Crippen molar-refractivity contribution in [2.45, 2.75) is 31.1 Å². The summed E-state index contributed by atoms with van der Waals surface area (Å²) in [4.78, 5) is 0.284. The molecule has 0 aliphatic heterocycles. The fourth-order valence-corrected chi connectivity index (χ4v) is 3.79. The van der Waals surface area contributed by atoms with Crippen molar-refractivity contribution in [1.82, 2.24) is 4.72 Å². The van der Waals surface area contributed by atoms with Crippen LogP contribution in [0.15, 0.2) is 29.2 Å². The van der Waals surface area contributed by atoms with Crippen LogP contribution in [0.4, 0.5) is 0 Å². The van der Waals surface area contributed by atoms with Gasteiger partial charge in [0, 0.05) is 12.1 Å². The zero-order valence-electron chi connectivity index (χ0n) is 12.3. The first-order valence-corrected chi connectivity index (χ1v) is 8.80. The molecule has 0 amide bonds. The van der Waals surface area contributed by atoms with Crippen molar-refractivity contribution in [2.24, 2.45) is 17.6 Å². The van der Waals surface area contributed by atoms with Gasteiger partial charge in [-0.05, 0) is 42.5 Å². The minimum absolute atomic E-state index is 0.284. The lowest BCUT2D eigenvalue weighted by Gasteiger charge is -2.16. The van der Waals surface area contributed by atoms with Gasteiger partial charge >= 0.3 is 0 Å². The van der Waals surface area contributed by atoms with Gasteiger partial charge in [-0.15, -0.1) is 0 Å². The summed E-state index contributed by atoms with van der Waals surface area (Å²) in [7, 11) is -3.43. The van der Waals surface area contributed by atoms with Gasteiger partial charge in [0.05, 0.1) is 11.4 Å². The number of rotatable bonds is 4. The molecule has 1 saturated carbocycles. The molecule has 1 aliphatic carbocycles. The maximum absolute atomic E-state index is 12.3. The second kappa shape index (κ2) is 7.08. The monoisotopic (exact) mass is 306 g/mol. The summed E-state index contributed by atoms with van der Waals surface area (Å²) in [6.45, 7) is 3.01.